The number of phenols is 1. The normalized spacial score (nSPS) is 16.2. The molecular formula is C20H22N2O7S. The highest BCUT2D eigenvalue weighted by Crippen LogP contribution is 2.28. The molecule has 10 heteroatoms. The molecule has 3 rings (SSSR count). The SMILES string of the molecule is COC(=O)c1cccc(NC(=O)c2cccc(S(=O)(=O)NCC3CCCO3)c2)c1O. The molecule has 1 unspecified atom stereocenters. The lowest BCUT2D eigenvalue weighted by Crippen LogP contribution is -2.32. The van der Waals surface area contributed by atoms with Gasteiger partial charge in [0, 0.05) is 18.7 Å². The summed E-state index contributed by atoms with van der Waals surface area (Å²) in [6, 6.07) is 9.72. The molecule has 1 atom stereocenters. The third-order valence-corrected chi connectivity index (χ3v) is 6.04. The van der Waals surface area contributed by atoms with Crippen LogP contribution >= 0.6 is 0 Å². The summed E-state index contributed by atoms with van der Waals surface area (Å²) in [5.41, 5.74) is -0.0458. The molecule has 1 saturated heterocycles. The van der Waals surface area contributed by atoms with E-state index in [0.717, 1.165) is 12.8 Å². The first kappa shape index (κ1) is 21.8. The van der Waals surface area contributed by atoms with Crippen molar-refractivity contribution >= 4 is 27.6 Å². The van der Waals surface area contributed by atoms with Crippen LogP contribution in [0.25, 0.3) is 0 Å². The van der Waals surface area contributed by atoms with Gasteiger partial charge in [-0.1, -0.05) is 12.1 Å². The number of amides is 1. The van der Waals surface area contributed by atoms with Gasteiger partial charge >= 0.3 is 5.97 Å². The molecule has 1 heterocycles. The molecule has 1 aliphatic rings. The molecular weight excluding hydrogens is 412 g/mol. The van der Waals surface area contributed by atoms with Crippen molar-refractivity contribution in [3.63, 3.8) is 0 Å². The van der Waals surface area contributed by atoms with E-state index in [1.165, 1.54) is 49.6 Å². The topological polar surface area (TPSA) is 131 Å². The monoisotopic (exact) mass is 434 g/mol. The van der Waals surface area contributed by atoms with E-state index in [4.69, 9.17) is 4.74 Å². The second kappa shape index (κ2) is 9.24. The van der Waals surface area contributed by atoms with Crippen LogP contribution < -0.4 is 10.0 Å². The van der Waals surface area contributed by atoms with Gasteiger partial charge in [0.2, 0.25) is 10.0 Å². The summed E-state index contributed by atoms with van der Waals surface area (Å²) in [7, 11) is -2.65. The van der Waals surface area contributed by atoms with Crippen LogP contribution in [-0.2, 0) is 19.5 Å². The Labute approximate surface area is 174 Å². The molecule has 0 saturated carbocycles. The first-order valence-electron chi connectivity index (χ1n) is 9.25. The average Bonchev–Trinajstić information content (AvgIpc) is 3.27. The Morgan fingerprint density at radius 3 is 2.70 bits per heavy atom. The number of phenolic OH excluding ortho intramolecular Hbond substituents is 1. The summed E-state index contributed by atoms with van der Waals surface area (Å²) in [5.74, 6) is -1.85. The summed E-state index contributed by atoms with van der Waals surface area (Å²) >= 11 is 0. The number of carbonyl (C=O) groups is 2. The Kier molecular flexibility index (Phi) is 6.70. The summed E-state index contributed by atoms with van der Waals surface area (Å²) in [6.07, 6.45) is 1.53. The van der Waals surface area contributed by atoms with E-state index in [-0.39, 0.29) is 34.4 Å². The number of nitrogens with one attached hydrogen (secondary N) is 2. The number of sulfonamides is 1. The first-order chi connectivity index (χ1) is 14.3. The highest BCUT2D eigenvalue weighted by atomic mass is 32.2. The van der Waals surface area contributed by atoms with Crippen molar-refractivity contribution < 1.29 is 32.6 Å². The fourth-order valence-corrected chi connectivity index (χ4v) is 4.12. The predicted molar refractivity (Wildman–Crippen MR) is 108 cm³/mol. The molecule has 0 radical (unpaired) electrons. The number of benzene rings is 2. The van der Waals surface area contributed by atoms with Gasteiger partial charge in [0.15, 0.2) is 5.75 Å². The van der Waals surface area contributed by atoms with E-state index >= 15 is 0 Å². The maximum atomic E-state index is 12.6. The van der Waals surface area contributed by atoms with Crippen LogP contribution in [0.3, 0.4) is 0 Å². The van der Waals surface area contributed by atoms with Crippen molar-refractivity contribution in [2.75, 3.05) is 25.6 Å². The summed E-state index contributed by atoms with van der Waals surface area (Å²) < 4.78 is 37.6. The quantitative estimate of drug-likeness (QED) is 0.448. The van der Waals surface area contributed by atoms with Gasteiger partial charge in [0.1, 0.15) is 5.56 Å². The maximum Gasteiger partial charge on any atom is 0.341 e. The van der Waals surface area contributed by atoms with E-state index in [1.54, 1.807) is 0 Å². The highest BCUT2D eigenvalue weighted by Gasteiger charge is 2.22. The van der Waals surface area contributed by atoms with Crippen molar-refractivity contribution in [2.24, 2.45) is 0 Å². The zero-order chi connectivity index (χ0) is 21.7. The van der Waals surface area contributed by atoms with E-state index < -0.39 is 27.6 Å². The van der Waals surface area contributed by atoms with Crippen molar-refractivity contribution in [3.05, 3.63) is 53.6 Å². The lowest BCUT2D eigenvalue weighted by Gasteiger charge is -2.13. The zero-order valence-corrected chi connectivity index (χ0v) is 17.1. The zero-order valence-electron chi connectivity index (χ0n) is 16.3. The van der Waals surface area contributed by atoms with Gasteiger partial charge in [-0.05, 0) is 43.2 Å². The smallest absolute Gasteiger partial charge is 0.341 e. The lowest BCUT2D eigenvalue weighted by atomic mass is 10.1. The molecule has 2 aromatic rings. The van der Waals surface area contributed by atoms with Crippen LogP contribution in [0.4, 0.5) is 5.69 Å². The number of hydrogen-bond acceptors (Lipinski definition) is 7. The van der Waals surface area contributed by atoms with Crippen molar-refractivity contribution in [1.29, 1.82) is 0 Å². The Hall–Kier alpha value is -2.95. The van der Waals surface area contributed by atoms with E-state index in [9.17, 15) is 23.1 Å². The molecule has 1 amide bonds. The average molecular weight is 434 g/mol. The van der Waals surface area contributed by atoms with E-state index in [2.05, 4.69) is 14.8 Å². The van der Waals surface area contributed by atoms with Crippen LogP contribution in [-0.4, -0.2) is 51.8 Å². The second-order valence-electron chi connectivity index (χ2n) is 6.66. The number of methoxy groups -OCH3 is 1. The molecule has 0 spiro atoms. The number of esters is 1. The molecule has 30 heavy (non-hydrogen) atoms. The van der Waals surface area contributed by atoms with Crippen LogP contribution in [0.15, 0.2) is 47.4 Å². The number of carbonyl (C=O) groups excluding carboxylic acids is 2. The largest absolute Gasteiger partial charge is 0.505 e. The molecule has 2 aromatic carbocycles. The lowest BCUT2D eigenvalue weighted by molar-refractivity contribution is 0.0597. The van der Waals surface area contributed by atoms with Gasteiger partial charge in [-0.2, -0.15) is 0 Å². The molecule has 1 fully saturated rings. The van der Waals surface area contributed by atoms with Crippen molar-refractivity contribution in [2.45, 2.75) is 23.8 Å². The van der Waals surface area contributed by atoms with E-state index in [0.29, 0.717) is 6.61 Å². The molecule has 0 aromatic heterocycles. The molecule has 9 nitrogen and oxygen atoms in total. The molecule has 3 N–H and O–H groups in total. The van der Waals surface area contributed by atoms with Crippen LogP contribution in [0.5, 0.6) is 5.75 Å². The van der Waals surface area contributed by atoms with Crippen LogP contribution in [0, 0.1) is 0 Å². The minimum Gasteiger partial charge on any atom is -0.505 e. The van der Waals surface area contributed by atoms with Gasteiger partial charge in [0.25, 0.3) is 5.91 Å². The van der Waals surface area contributed by atoms with Crippen LogP contribution in [0.2, 0.25) is 0 Å². The molecule has 1 aliphatic heterocycles. The number of aromatic hydroxyl groups is 1. The Bertz CT molecular complexity index is 1050. The minimum absolute atomic E-state index is 0.00679. The molecule has 0 aliphatic carbocycles. The fourth-order valence-electron chi connectivity index (χ4n) is 3.01. The molecule has 0 bridgehead atoms. The third-order valence-electron chi connectivity index (χ3n) is 4.62. The summed E-state index contributed by atoms with van der Waals surface area (Å²) in [5, 5.41) is 12.7. The van der Waals surface area contributed by atoms with Crippen LogP contribution in [0.1, 0.15) is 33.6 Å². The van der Waals surface area contributed by atoms with Gasteiger partial charge in [0.05, 0.1) is 23.8 Å². The maximum absolute atomic E-state index is 12.6. The Morgan fingerprint density at radius 1 is 1.23 bits per heavy atom. The summed E-state index contributed by atoms with van der Waals surface area (Å²) in [4.78, 5) is 24.2. The number of ether oxygens (including phenoxy) is 2. The second-order valence-corrected chi connectivity index (χ2v) is 8.43. The first-order valence-corrected chi connectivity index (χ1v) is 10.7. The number of rotatable bonds is 7. The van der Waals surface area contributed by atoms with Gasteiger partial charge < -0.3 is 19.9 Å². The van der Waals surface area contributed by atoms with Gasteiger partial charge in [-0.25, -0.2) is 17.9 Å². The predicted octanol–water partition coefficient (Wildman–Crippen LogP) is 1.89. The number of para-hydroxylation sites is 1. The standard InChI is InChI=1S/C20H22N2O7S/c1-28-20(25)16-8-3-9-17(18(16)23)22-19(24)13-5-2-7-15(11-13)30(26,27)21-12-14-6-4-10-29-14/h2-3,5,7-9,11,14,21,23H,4,6,10,12H2,1H3,(H,22,24). The number of hydrogen-bond donors (Lipinski definition) is 3. The van der Waals surface area contributed by atoms with E-state index in [1.807, 2.05) is 0 Å². The molecule has 160 valence electrons. The van der Waals surface area contributed by atoms with Gasteiger partial charge in [-0.3, -0.25) is 4.79 Å². The third kappa shape index (κ3) is 4.96. The van der Waals surface area contributed by atoms with Crippen molar-refractivity contribution in [1.82, 2.24) is 4.72 Å². The Morgan fingerprint density at radius 2 is 2.00 bits per heavy atom. The minimum atomic E-state index is -3.83. The van der Waals surface area contributed by atoms with Gasteiger partial charge in [-0.15, -0.1) is 0 Å². The summed E-state index contributed by atoms with van der Waals surface area (Å²) in [6.45, 7) is 0.777. The van der Waals surface area contributed by atoms with Crippen molar-refractivity contribution in [3.8, 4) is 5.75 Å². The fraction of sp³-hybridized carbons (Fsp3) is 0.300. The Balaban J connectivity index is 1.75. The number of anilines is 1. The highest BCUT2D eigenvalue weighted by molar-refractivity contribution is 7.89.